The summed E-state index contributed by atoms with van der Waals surface area (Å²) < 4.78 is 2.17. The largest absolute Gasteiger partial charge is 0.384 e. The lowest BCUT2D eigenvalue weighted by Crippen LogP contribution is -2.19. The van der Waals surface area contributed by atoms with Gasteiger partial charge in [0.1, 0.15) is 11.7 Å². The summed E-state index contributed by atoms with van der Waals surface area (Å²) in [4.78, 5) is 11.5. The smallest absolute Gasteiger partial charge is 0.142 e. The third-order valence-electron chi connectivity index (χ3n) is 5.23. The Hall–Kier alpha value is -2.86. The molecule has 4 rings (SSSR count). The molecule has 0 bridgehead atoms. The lowest BCUT2D eigenvalue weighted by molar-refractivity contribution is 0.420. The maximum absolute atomic E-state index is 6.55. The van der Waals surface area contributed by atoms with Crippen LogP contribution >= 0.6 is 23.2 Å². The summed E-state index contributed by atoms with van der Waals surface area (Å²) in [6.45, 7) is 2.15. The lowest BCUT2D eigenvalue weighted by Gasteiger charge is -2.11. The predicted molar refractivity (Wildman–Crippen MR) is 135 cm³/mol. The second-order valence-electron chi connectivity index (χ2n) is 7.91. The van der Waals surface area contributed by atoms with Crippen molar-refractivity contribution in [2.24, 2.45) is 10.7 Å². The quantitative estimate of drug-likeness (QED) is 0.296. The molecule has 0 spiro atoms. The molecule has 1 heterocycles. The van der Waals surface area contributed by atoms with Crippen LogP contribution in [0.25, 0.3) is 22.4 Å². The van der Waals surface area contributed by atoms with E-state index in [1.54, 1.807) is 6.07 Å². The molecule has 0 fully saturated rings. The van der Waals surface area contributed by atoms with Crippen molar-refractivity contribution in [1.82, 2.24) is 14.5 Å². The van der Waals surface area contributed by atoms with Crippen molar-refractivity contribution >= 4 is 40.1 Å². The van der Waals surface area contributed by atoms with Gasteiger partial charge < -0.3 is 15.2 Å². The molecule has 0 radical (unpaired) electrons. The first-order valence-corrected chi connectivity index (χ1v) is 11.1. The van der Waals surface area contributed by atoms with Gasteiger partial charge in [0.05, 0.1) is 22.6 Å². The Bertz CT molecular complexity index is 1260. The summed E-state index contributed by atoms with van der Waals surface area (Å²) in [7, 11) is 4.03. The molecule has 0 saturated carbocycles. The van der Waals surface area contributed by atoms with Crippen molar-refractivity contribution in [2.75, 3.05) is 27.2 Å². The highest BCUT2D eigenvalue weighted by Crippen LogP contribution is 2.33. The van der Waals surface area contributed by atoms with Crippen LogP contribution in [0.1, 0.15) is 11.1 Å². The zero-order valence-electron chi connectivity index (χ0n) is 18.1. The highest BCUT2D eigenvalue weighted by molar-refractivity contribution is 6.36. The zero-order chi connectivity index (χ0) is 22.7. The minimum Gasteiger partial charge on any atom is -0.384 e. The Morgan fingerprint density at radius 3 is 2.53 bits per heavy atom. The number of benzene rings is 3. The van der Waals surface area contributed by atoms with E-state index in [9.17, 15) is 0 Å². The van der Waals surface area contributed by atoms with Crippen LogP contribution in [0.4, 0.5) is 0 Å². The lowest BCUT2D eigenvalue weighted by atomic mass is 10.1. The van der Waals surface area contributed by atoms with E-state index in [1.807, 2.05) is 62.6 Å². The van der Waals surface area contributed by atoms with Gasteiger partial charge in [0.25, 0.3) is 0 Å². The molecule has 2 N–H and O–H groups in total. The van der Waals surface area contributed by atoms with Gasteiger partial charge in [-0.25, -0.2) is 4.98 Å². The van der Waals surface area contributed by atoms with Gasteiger partial charge in [-0.15, -0.1) is 0 Å². The maximum atomic E-state index is 6.55. The standard InChI is InChI=1S/C25H25Cl2N5/c1-31(2)13-12-29-24(28)18-8-11-23-22(14-18)30-25(20-10-9-19(26)15-21(20)27)32(23)16-17-6-4-3-5-7-17/h3-11,14-15H,12-13,16H2,1-2H3,(H2,28,29). The summed E-state index contributed by atoms with van der Waals surface area (Å²) >= 11 is 12.7. The molecule has 0 aliphatic heterocycles. The fraction of sp³-hybridized carbons (Fsp3) is 0.200. The molecule has 3 aromatic carbocycles. The van der Waals surface area contributed by atoms with Gasteiger partial charge in [-0.1, -0.05) is 53.5 Å². The molecule has 32 heavy (non-hydrogen) atoms. The third-order valence-corrected chi connectivity index (χ3v) is 5.78. The van der Waals surface area contributed by atoms with Crippen molar-refractivity contribution in [1.29, 1.82) is 0 Å². The SMILES string of the molecule is CN(C)CCN=C(N)c1ccc2c(c1)nc(-c1ccc(Cl)cc1Cl)n2Cc1ccccc1. The van der Waals surface area contributed by atoms with Crippen molar-refractivity contribution in [3.8, 4) is 11.4 Å². The highest BCUT2D eigenvalue weighted by Gasteiger charge is 2.17. The highest BCUT2D eigenvalue weighted by atomic mass is 35.5. The molecule has 5 nitrogen and oxygen atoms in total. The number of nitrogens with zero attached hydrogens (tertiary/aromatic N) is 4. The minimum atomic E-state index is 0.512. The third kappa shape index (κ3) is 4.96. The van der Waals surface area contributed by atoms with Crippen molar-refractivity contribution in [2.45, 2.75) is 6.54 Å². The monoisotopic (exact) mass is 465 g/mol. The molecule has 0 amide bonds. The molecular weight excluding hydrogens is 441 g/mol. The minimum absolute atomic E-state index is 0.512. The number of aliphatic imine (C=N–C) groups is 1. The van der Waals surface area contributed by atoms with E-state index < -0.39 is 0 Å². The number of likely N-dealkylation sites (N-methyl/N-ethyl adjacent to an activating group) is 1. The van der Waals surface area contributed by atoms with Crippen molar-refractivity contribution in [3.63, 3.8) is 0 Å². The summed E-state index contributed by atoms with van der Waals surface area (Å²) in [6.07, 6.45) is 0. The second kappa shape index (κ2) is 9.74. The Kier molecular flexibility index (Phi) is 6.80. The number of amidine groups is 1. The first-order valence-electron chi connectivity index (χ1n) is 10.4. The zero-order valence-corrected chi connectivity index (χ0v) is 19.6. The Morgan fingerprint density at radius 2 is 1.81 bits per heavy atom. The van der Waals surface area contributed by atoms with Crippen LogP contribution in [-0.4, -0.2) is 47.5 Å². The van der Waals surface area contributed by atoms with Gasteiger partial charge in [-0.05, 0) is 56.1 Å². The van der Waals surface area contributed by atoms with Crippen LogP contribution in [0.2, 0.25) is 10.0 Å². The second-order valence-corrected chi connectivity index (χ2v) is 8.75. The van der Waals surface area contributed by atoms with Gasteiger partial charge in [-0.3, -0.25) is 4.99 Å². The Balaban J connectivity index is 1.80. The van der Waals surface area contributed by atoms with Gasteiger partial charge in [0.15, 0.2) is 0 Å². The van der Waals surface area contributed by atoms with Crippen molar-refractivity contribution < 1.29 is 0 Å². The summed E-state index contributed by atoms with van der Waals surface area (Å²) in [6, 6.07) is 21.8. The van der Waals surface area contributed by atoms with Gasteiger partial charge in [0.2, 0.25) is 0 Å². The average Bonchev–Trinajstić information content (AvgIpc) is 3.11. The average molecular weight is 466 g/mol. The van der Waals surface area contributed by atoms with Crippen LogP contribution in [0.3, 0.4) is 0 Å². The fourth-order valence-electron chi connectivity index (χ4n) is 3.55. The number of imidazole rings is 1. The molecule has 0 atom stereocenters. The maximum Gasteiger partial charge on any atom is 0.142 e. The number of fused-ring (bicyclic) bond motifs is 1. The van der Waals surface area contributed by atoms with Crippen molar-refractivity contribution in [3.05, 3.63) is 87.9 Å². The van der Waals surface area contributed by atoms with Crippen LogP contribution in [-0.2, 0) is 6.54 Å². The van der Waals surface area contributed by atoms with Gasteiger partial charge in [0, 0.05) is 29.2 Å². The van der Waals surface area contributed by atoms with Crippen LogP contribution in [0, 0.1) is 0 Å². The van der Waals surface area contributed by atoms with Gasteiger partial charge >= 0.3 is 0 Å². The topological polar surface area (TPSA) is 59.4 Å². The number of nitrogens with two attached hydrogens (primary N) is 1. The first kappa shape index (κ1) is 22.3. The molecule has 1 aromatic heterocycles. The van der Waals surface area contributed by atoms with Gasteiger partial charge in [-0.2, -0.15) is 0 Å². The molecule has 0 saturated heterocycles. The molecule has 164 valence electrons. The number of hydrogen-bond donors (Lipinski definition) is 1. The first-order chi connectivity index (χ1) is 15.4. The van der Waals surface area contributed by atoms with E-state index in [0.29, 0.717) is 29.0 Å². The van der Waals surface area contributed by atoms with E-state index in [4.69, 9.17) is 33.9 Å². The Labute approximate surface area is 198 Å². The predicted octanol–water partition coefficient (Wildman–Crippen LogP) is 5.33. The van der Waals surface area contributed by atoms with E-state index in [1.165, 1.54) is 5.56 Å². The number of hydrogen-bond acceptors (Lipinski definition) is 3. The molecule has 0 aliphatic rings. The van der Waals surface area contributed by atoms with E-state index in [-0.39, 0.29) is 0 Å². The van der Waals surface area contributed by atoms with E-state index >= 15 is 0 Å². The van der Waals surface area contributed by atoms with Crippen LogP contribution in [0.5, 0.6) is 0 Å². The van der Waals surface area contributed by atoms with E-state index in [2.05, 4.69) is 26.6 Å². The number of rotatable bonds is 7. The number of aromatic nitrogens is 2. The Morgan fingerprint density at radius 1 is 1.03 bits per heavy atom. The molecule has 0 aliphatic carbocycles. The van der Waals surface area contributed by atoms with Crippen LogP contribution in [0.15, 0.2) is 71.7 Å². The molecule has 4 aromatic rings. The van der Waals surface area contributed by atoms with Crippen LogP contribution < -0.4 is 5.73 Å². The normalized spacial score (nSPS) is 12.1. The molecule has 7 heteroatoms. The molecule has 0 unspecified atom stereocenters. The summed E-state index contributed by atoms with van der Waals surface area (Å²) in [5.41, 5.74) is 11.0. The van der Waals surface area contributed by atoms with E-state index in [0.717, 1.165) is 34.5 Å². The fourth-order valence-corrected chi connectivity index (χ4v) is 4.05. The molecular formula is C25H25Cl2N5. The summed E-state index contributed by atoms with van der Waals surface area (Å²) in [5, 5.41) is 1.15. The summed E-state index contributed by atoms with van der Waals surface area (Å²) in [5.74, 6) is 1.29. The number of halogens is 2.